The largest absolute Gasteiger partial charge is 0.357 e. The van der Waals surface area contributed by atoms with Crippen molar-refractivity contribution in [2.45, 2.75) is 85.1 Å². The van der Waals surface area contributed by atoms with Crippen molar-refractivity contribution in [1.82, 2.24) is 20.1 Å². The average molecular weight is 519 g/mol. The number of anilines is 2. The molecule has 198 valence electrons. The second kappa shape index (κ2) is 14.1. The van der Waals surface area contributed by atoms with Gasteiger partial charge in [0.05, 0.1) is 5.69 Å². The summed E-state index contributed by atoms with van der Waals surface area (Å²) in [7, 11) is 0. The number of nitrogens with one attached hydrogen (secondary N) is 3. The van der Waals surface area contributed by atoms with Crippen LogP contribution in [0.1, 0.15) is 77.1 Å². The Morgan fingerprint density at radius 2 is 2.03 bits per heavy atom. The number of aromatic nitrogens is 3. The van der Waals surface area contributed by atoms with Gasteiger partial charge in [0.2, 0.25) is 10.9 Å². The molecule has 0 atom stereocenters. The summed E-state index contributed by atoms with van der Waals surface area (Å²) in [5, 5.41) is 18.0. The lowest BCUT2D eigenvalue weighted by Gasteiger charge is -2.16. The third-order valence-electron chi connectivity index (χ3n) is 6.23. The molecule has 2 heterocycles. The maximum Gasteiger partial charge on any atom is 0.321 e. The fourth-order valence-corrected chi connectivity index (χ4v) is 5.13. The zero-order chi connectivity index (χ0) is 25.9. The first-order valence-corrected chi connectivity index (χ1v) is 13.9. The summed E-state index contributed by atoms with van der Waals surface area (Å²) >= 11 is 1.33. The van der Waals surface area contributed by atoms with Crippen LogP contribution in [-0.4, -0.2) is 27.3 Å². The number of aryl methyl sites for hydroxylation is 2. The Kier molecular flexibility index (Phi) is 10.9. The van der Waals surface area contributed by atoms with Crippen molar-refractivity contribution in [3.05, 3.63) is 45.2 Å². The predicted octanol–water partition coefficient (Wildman–Crippen LogP) is 5.93. The standard InChI is InChI=1S/C26H39FN6O2S/c1-4-9-20(16-19-10-5-6-11-19)29-21-13-15-33(24(34)23(21)27)14-8-7-12-22-31-32-26(36-22)30-25(35)28-17-18(2)3/h9,13,15,18-19,29H,4-8,10-12,14,16-17H2,1-3H3,(H2,28,30,32,35)/b20-9+. The van der Waals surface area contributed by atoms with Crippen LogP contribution < -0.4 is 21.5 Å². The van der Waals surface area contributed by atoms with Gasteiger partial charge in [-0.3, -0.25) is 10.1 Å². The van der Waals surface area contributed by atoms with E-state index in [0.717, 1.165) is 30.0 Å². The third kappa shape index (κ3) is 8.72. The highest BCUT2D eigenvalue weighted by Crippen LogP contribution is 2.31. The van der Waals surface area contributed by atoms with Crippen molar-refractivity contribution in [3.63, 3.8) is 0 Å². The molecular formula is C26H39FN6O2S. The van der Waals surface area contributed by atoms with E-state index in [2.05, 4.69) is 39.1 Å². The first-order chi connectivity index (χ1) is 17.4. The molecule has 36 heavy (non-hydrogen) atoms. The second-order valence-electron chi connectivity index (χ2n) is 9.85. The number of nitrogens with zero attached hydrogens (tertiary/aromatic N) is 3. The van der Waals surface area contributed by atoms with Gasteiger partial charge in [0.1, 0.15) is 5.01 Å². The smallest absolute Gasteiger partial charge is 0.321 e. The summed E-state index contributed by atoms with van der Waals surface area (Å²) in [6.07, 6.45) is 12.6. The van der Waals surface area contributed by atoms with Crippen molar-refractivity contribution in [2.75, 3.05) is 17.2 Å². The third-order valence-corrected chi connectivity index (χ3v) is 7.13. The van der Waals surface area contributed by atoms with Crippen molar-refractivity contribution < 1.29 is 9.18 Å². The molecule has 1 aliphatic carbocycles. The highest BCUT2D eigenvalue weighted by atomic mass is 32.1. The molecule has 2 aromatic heterocycles. The van der Waals surface area contributed by atoms with Crippen LogP contribution in [0.2, 0.25) is 0 Å². The minimum absolute atomic E-state index is 0.250. The Labute approximate surface area is 216 Å². The van der Waals surface area contributed by atoms with E-state index < -0.39 is 11.4 Å². The summed E-state index contributed by atoms with van der Waals surface area (Å²) in [6.45, 7) is 7.13. The van der Waals surface area contributed by atoms with E-state index in [4.69, 9.17) is 0 Å². The number of urea groups is 1. The summed E-state index contributed by atoms with van der Waals surface area (Å²) in [5.74, 6) is 0.272. The molecule has 2 aromatic rings. The molecule has 1 aliphatic rings. The van der Waals surface area contributed by atoms with E-state index in [1.165, 1.54) is 41.6 Å². The predicted molar refractivity (Wildman–Crippen MR) is 144 cm³/mol. The lowest BCUT2D eigenvalue weighted by molar-refractivity contribution is 0.251. The molecule has 8 nitrogen and oxygen atoms in total. The monoisotopic (exact) mass is 518 g/mol. The molecule has 2 amide bonds. The van der Waals surface area contributed by atoms with Crippen LogP contribution in [-0.2, 0) is 13.0 Å². The molecule has 0 unspecified atom stereocenters. The molecule has 0 saturated heterocycles. The van der Waals surface area contributed by atoms with E-state index in [-0.39, 0.29) is 11.7 Å². The SMILES string of the molecule is CC/C=C(\CC1CCCC1)Nc1ccn(CCCCc2nnc(NC(=O)NCC(C)C)s2)c(=O)c1F. The highest BCUT2D eigenvalue weighted by molar-refractivity contribution is 7.15. The normalized spacial score (nSPS) is 14.4. The minimum atomic E-state index is -0.735. The number of carbonyl (C=O) groups excluding carboxylic acids is 1. The van der Waals surface area contributed by atoms with Crippen molar-refractivity contribution in [3.8, 4) is 0 Å². The Bertz CT molecular complexity index is 1070. The molecule has 0 aliphatic heterocycles. The van der Waals surface area contributed by atoms with Crippen LogP contribution in [0.5, 0.6) is 0 Å². The van der Waals surface area contributed by atoms with Crippen LogP contribution in [0.3, 0.4) is 0 Å². The van der Waals surface area contributed by atoms with E-state index in [1.807, 2.05) is 13.8 Å². The van der Waals surface area contributed by atoms with Crippen LogP contribution in [0.15, 0.2) is 28.8 Å². The summed E-state index contributed by atoms with van der Waals surface area (Å²) < 4.78 is 16.3. The first kappa shape index (κ1) is 27.8. The number of unbranched alkanes of at least 4 members (excludes halogenated alkanes) is 1. The van der Waals surface area contributed by atoms with Gasteiger partial charge in [0.15, 0.2) is 0 Å². The van der Waals surface area contributed by atoms with Crippen LogP contribution in [0, 0.1) is 17.7 Å². The number of rotatable bonds is 13. The van der Waals surface area contributed by atoms with Crippen molar-refractivity contribution >= 4 is 28.2 Å². The number of hydrogen-bond acceptors (Lipinski definition) is 6. The number of hydrogen-bond donors (Lipinski definition) is 3. The van der Waals surface area contributed by atoms with E-state index in [9.17, 15) is 14.0 Å². The average Bonchev–Trinajstić information content (AvgIpc) is 3.52. The molecule has 0 radical (unpaired) electrons. The fourth-order valence-electron chi connectivity index (χ4n) is 4.35. The van der Waals surface area contributed by atoms with Gasteiger partial charge in [0.25, 0.3) is 5.56 Å². The summed E-state index contributed by atoms with van der Waals surface area (Å²) in [4.78, 5) is 24.4. The lowest BCUT2D eigenvalue weighted by atomic mass is 10.0. The number of pyridine rings is 1. The zero-order valence-corrected chi connectivity index (χ0v) is 22.4. The Hall–Kier alpha value is -2.75. The summed E-state index contributed by atoms with van der Waals surface area (Å²) in [5.41, 5.74) is 0.649. The quantitative estimate of drug-likeness (QED) is 0.286. The van der Waals surface area contributed by atoms with Gasteiger partial charge in [-0.15, -0.1) is 10.2 Å². The fraction of sp³-hybridized carbons (Fsp3) is 0.615. The number of amides is 2. The molecule has 3 N–H and O–H groups in total. The molecule has 1 fully saturated rings. The van der Waals surface area contributed by atoms with Gasteiger partial charge in [-0.05, 0) is 43.6 Å². The summed E-state index contributed by atoms with van der Waals surface area (Å²) in [6, 6.07) is 1.36. The minimum Gasteiger partial charge on any atom is -0.357 e. The Morgan fingerprint density at radius 1 is 1.25 bits per heavy atom. The number of carbonyl (C=O) groups is 1. The van der Waals surface area contributed by atoms with E-state index >= 15 is 0 Å². The maximum atomic E-state index is 14.9. The highest BCUT2D eigenvalue weighted by Gasteiger charge is 2.18. The second-order valence-corrected chi connectivity index (χ2v) is 10.9. The van der Waals surface area contributed by atoms with Gasteiger partial charge in [-0.1, -0.05) is 63.9 Å². The van der Waals surface area contributed by atoms with Gasteiger partial charge >= 0.3 is 6.03 Å². The Balaban J connectivity index is 1.47. The van der Waals surface area contributed by atoms with Crippen molar-refractivity contribution in [1.29, 1.82) is 0 Å². The lowest BCUT2D eigenvalue weighted by Crippen LogP contribution is -2.31. The van der Waals surface area contributed by atoms with E-state index in [0.29, 0.717) is 42.9 Å². The van der Waals surface area contributed by atoms with Gasteiger partial charge in [-0.25, -0.2) is 4.79 Å². The molecule has 10 heteroatoms. The van der Waals surface area contributed by atoms with Gasteiger partial charge < -0.3 is 15.2 Å². The van der Waals surface area contributed by atoms with Crippen LogP contribution >= 0.6 is 11.3 Å². The van der Waals surface area contributed by atoms with Crippen LogP contribution in [0.25, 0.3) is 0 Å². The molecule has 3 rings (SSSR count). The zero-order valence-electron chi connectivity index (χ0n) is 21.6. The topological polar surface area (TPSA) is 101 Å². The first-order valence-electron chi connectivity index (χ1n) is 13.1. The molecule has 0 aromatic carbocycles. The maximum absolute atomic E-state index is 14.9. The van der Waals surface area contributed by atoms with E-state index in [1.54, 1.807) is 12.3 Å². The molecule has 0 spiro atoms. The Morgan fingerprint density at radius 3 is 2.75 bits per heavy atom. The van der Waals surface area contributed by atoms with Crippen molar-refractivity contribution in [2.24, 2.45) is 11.8 Å². The van der Waals surface area contributed by atoms with Gasteiger partial charge in [-0.2, -0.15) is 4.39 Å². The van der Waals surface area contributed by atoms with Gasteiger partial charge in [0, 0.05) is 31.4 Å². The molecule has 1 saturated carbocycles. The number of allylic oxidation sites excluding steroid dienone is 2. The molecule has 0 bridgehead atoms. The molecular weight excluding hydrogens is 479 g/mol. The number of halogens is 1. The van der Waals surface area contributed by atoms with Crippen LogP contribution in [0.4, 0.5) is 20.0 Å².